The Labute approximate surface area is 186 Å². The predicted molar refractivity (Wildman–Crippen MR) is 123 cm³/mol. The van der Waals surface area contributed by atoms with Crippen molar-refractivity contribution in [3.8, 4) is 0 Å². The molecule has 2 fully saturated rings. The quantitative estimate of drug-likeness (QED) is 0.520. The van der Waals surface area contributed by atoms with Crippen LogP contribution < -0.4 is 20.4 Å². The molecule has 2 heterocycles. The first-order valence-corrected chi connectivity index (χ1v) is 10.6. The van der Waals surface area contributed by atoms with Crippen LogP contribution in [0.25, 0.3) is 0 Å². The fourth-order valence-corrected chi connectivity index (χ4v) is 3.94. The molecule has 170 valence electrons. The number of anilines is 4. The summed E-state index contributed by atoms with van der Waals surface area (Å²) in [7, 11) is 1.60. The van der Waals surface area contributed by atoms with Gasteiger partial charge in [-0.1, -0.05) is 0 Å². The molecule has 10 heteroatoms. The van der Waals surface area contributed by atoms with Crippen LogP contribution in [-0.4, -0.2) is 70.5 Å². The number of morpholine rings is 2. The summed E-state index contributed by atoms with van der Waals surface area (Å²) in [6, 6.07) is 10.4. The van der Waals surface area contributed by atoms with E-state index in [9.17, 15) is 14.9 Å². The Morgan fingerprint density at radius 2 is 1.56 bits per heavy atom. The van der Waals surface area contributed by atoms with E-state index in [1.165, 1.54) is 12.1 Å². The molecular weight excluding hydrogens is 414 g/mol. The molecule has 0 radical (unpaired) electrons. The number of ether oxygens (including phenoxy) is 2. The van der Waals surface area contributed by atoms with Crippen LogP contribution in [0.4, 0.5) is 28.4 Å². The average molecular weight is 441 g/mol. The Morgan fingerprint density at radius 1 is 0.938 bits per heavy atom. The predicted octanol–water partition coefficient (Wildman–Crippen LogP) is 2.56. The summed E-state index contributed by atoms with van der Waals surface area (Å²) < 4.78 is 10.9. The van der Waals surface area contributed by atoms with E-state index in [-0.39, 0.29) is 11.3 Å². The fraction of sp³-hybridized carbons (Fsp3) is 0.409. The molecule has 2 aromatic carbocycles. The Kier molecular flexibility index (Phi) is 6.72. The van der Waals surface area contributed by atoms with Crippen molar-refractivity contribution < 1.29 is 19.2 Å². The number of hydrogen-bond acceptors (Lipinski definition) is 8. The van der Waals surface area contributed by atoms with E-state index < -0.39 is 10.8 Å². The van der Waals surface area contributed by atoms with Crippen LogP contribution >= 0.6 is 0 Å². The lowest BCUT2D eigenvalue weighted by molar-refractivity contribution is -0.384. The van der Waals surface area contributed by atoms with Crippen molar-refractivity contribution in [1.82, 2.24) is 0 Å². The highest BCUT2D eigenvalue weighted by atomic mass is 16.6. The Morgan fingerprint density at radius 3 is 2.19 bits per heavy atom. The topological polar surface area (TPSA) is 109 Å². The van der Waals surface area contributed by atoms with E-state index in [0.717, 1.165) is 37.6 Å². The van der Waals surface area contributed by atoms with E-state index in [1.807, 2.05) is 12.1 Å². The Bertz CT molecular complexity index is 987. The second-order valence-corrected chi connectivity index (χ2v) is 7.59. The zero-order chi connectivity index (χ0) is 22.5. The summed E-state index contributed by atoms with van der Waals surface area (Å²) in [6.07, 6.45) is 0. The van der Waals surface area contributed by atoms with Crippen molar-refractivity contribution in [1.29, 1.82) is 0 Å². The molecule has 2 saturated heterocycles. The standard InChI is InChI=1S/C22H27N5O5/c1-23-18-4-2-16(14-21(18)27(29)30)22(28)24-19-5-3-17(25-6-10-31-11-7-25)15-20(19)26-8-12-32-13-9-26/h2-5,14-15,23H,6-13H2,1H3,(H,24,28). The van der Waals surface area contributed by atoms with Gasteiger partial charge in [0, 0.05) is 50.5 Å². The van der Waals surface area contributed by atoms with Gasteiger partial charge in [0.1, 0.15) is 5.69 Å². The molecule has 10 nitrogen and oxygen atoms in total. The summed E-state index contributed by atoms with van der Waals surface area (Å²) in [6.45, 7) is 5.68. The molecule has 2 aromatic rings. The van der Waals surface area contributed by atoms with Crippen molar-refractivity contribution in [2.24, 2.45) is 0 Å². The van der Waals surface area contributed by atoms with E-state index in [1.54, 1.807) is 13.1 Å². The Hall–Kier alpha value is -3.37. The summed E-state index contributed by atoms with van der Waals surface area (Å²) in [4.78, 5) is 28.3. The van der Waals surface area contributed by atoms with Gasteiger partial charge in [-0.3, -0.25) is 14.9 Å². The van der Waals surface area contributed by atoms with Gasteiger partial charge in [0.15, 0.2) is 0 Å². The molecule has 2 aliphatic heterocycles. The second-order valence-electron chi connectivity index (χ2n) is 7.59. The number of nitrogens with zero attached hydrogens (tertiary/aromatic N) is 3. The van der Waals surface area contributed by atoms with Crippen molar-refractivity contribution in [2.75, 3.05) is 80.1 Å². The molecule has 0 bridgehead atoms. The summed E-state index contributed by atoms with van der Waals surface area (Å²) >= 11 is 0. The smallest absolute Gasteiger partial charge is 0.293 e. The van der Waals surface area contributed by atoms with Crippen LogP contribution in [0.15, 0.2) is 36.4 Å². The first-order chi connectivity index (χ1) is 15.6. The SMILES string of the molecule is CNc1ccc(C(=O)Nc2ccc(N3CCOCC3)cc2N2CCOCC2)cc1[N+](=O)[O-]. The Balaban J connectivity index is 1.62. The lowest BCUT2D eigenvalue weighted by atomic mass is 10.1. The van der Waals surface area contributed by atoms with Gasteiger partial charge >= 0.3 is 0 Å². The maximum atomic E-state index is 13.0. The summed E-state index contributed by atoms with van der Waals surface area (Å²) in [5.74, 6) is -0.399. The minimum atomic E-state index is -0.501. The molecule has 32 heavy (non-hydrogen) atoms. The molecule has 4 rings (SSSR count). The average Bonchev–Trinajstić information content (AvgIpc) is 2.84. The molecule has 0 saturated carbocycles. The monoisotopic (exact) mass is 441 g/mol. The van der Waals surface area contributed by atoms with Crippen LogP contribution in [0.2, 0.25) is 0 Å². The molecule has 0 aromatic heterocycles. The number of carbonyl (C=O) groups excluding carboxylic acids is 1. The summed E-state index contributed by atoms with van der Waals surface area (Å²) in [5.41, 5.74) is 3.08. The highest BCUT2D eigenvalue weighted by Gasteiger charge is 2.21. The maximum Gasteiger partial charge on any atom is 0.293 e. The van der Waals surface area contributed by atoms with Crippen molar-refractivity contribution in [3.05, 3.63) is 52.1 Å². The molecular formula is C22H27N5O5. The van der Waals surface area contributed by atoms with Crippen LogP contribution in [0.1, 0.15) is 10.4 Å². The number of nitro benzene ring substituents is 1. The highest BCUT2D eigenvalue weighted by Crippen LogP contribution is 2.33. The molecule has 0 aliphatic carbocycles. The normalized spacial score (nSPS) is 16.5. The van der Waals surface area contributed by atoms with Gasteiger partial charge < -0.3 is 29.9 Å². The minimum Gasteiger partial charge on any atom is -0.383 e. The first-order valence-electron chi connectivity index (χ1n) is 10.6. The number of nitro groups is 1. The lowest BCUT2D eigenvalue weighted by Gasteiger charge is -2.33. The number of carbonyl (C=O) groups is 1. The van der Waals surface area contributed by atoms with Crippen LogP contribution in [0.3, 0.4) is 0 Å². The van der Waals surface area contributed by atoms with Crippen LogP contribution in [0.5, 0.6) is 0 Å². The number of rotatable bonds is 6. The molecule has 0 unspecified atom stereocenters. The fourth-order valence-electron chi connectivity index (χ4n) is 3.94. The van der Waals surface area contributed by atoms with E-state index >= 15 is 0 Å². The van der Waals surface area contributed by atoms with Gasteiger partial charge in [-0.2, -0.15) is 0 Å². The zero-order valence-electron chi connectivity index (χ0n) is 18.0. The van der Waals surface area contributed by atoms with Crippen LogP contribution in [0, 0.1) is 10.1 Å². The third kappa shape index (κ3) is 4.76. The van der Waals surface area contributed by atoms with Gasteiger partial charge in [-0.05, 0) is 30.3 Å². The van der Waals surface area contributed by atoms with Crippen LogP contribution in [-0.2, 0) is 9.47 Å². The largest absolute Gasteiger partial charge is 0.383 e. The third-order valence-electron chi connectivity index (χ3n) is 5.68. The maximum absolute atomic E-state index is 13.0. The number of hydrogen-bond donors (Lipinski definition) is 2. The van der Waals surface area contributed by atoms with Gasteiger partial charge in [0.2, 0.25) is 0 Å². The first kappa shape index (κ1) is 21.8. The lowest BCUT2D eigenvalue weighted by Crippen LogP contribution is -2.38. The van der Waals surface area contributed by atoms with Crippen molar-refractivity contribution in [3.63, 3.8) is 0 Å². The zero-order valence-corrected chi connectivity index (χ0v) is 18.0. The van der Waals surface area contributed by atoms with E-state index in [2.05, 4.69) is 26.5 Å². The van der Waals surface area contributed by atoms with Gasteiger partial charge in [-0.25, -0.2) is 0 Å². The van der Waals surface area contributed by atoms with Crippen molar-refractivity contribution >= 4 is 34.3 Å². The number of nitrogens with one attached hydrogen (secondary N) is 2. The minimum absolute atomic E-state index is 0.142. The molecule has 0 spiro atoms. The highest BCUT2D eigenvalue weighted by molar-refractivity contribution is 6.07. The second kappa shape index (κ2) is 9.84. The van der Waals surface area contributed by atoms with Gasteiger partial charge in [-0.15, -0.1) is 0 Å². The third-order valence-corrected chi connectivity index (χ3v) is 5.68. The molecule has 2 N–H and O–H groups in total. The van der Waals surface area contributed by atoms with E-state index in [0.29, 0.717) is 37.8 Å². The molecule has 0 atom stereocenters. The van der Waals surface area contributed by atoms with Gasteiger partial charge in [0.05, 0.1) is 42.7 Å². The number of benzene rings is 2. The summed E-state index contributed by atoms with van der Waals surface area (Å²) in [5, 5.41) is 17.1. The molecule has 2 aliphatic rings. The van der Waals surface area contributed by atoms with E-state index in [4.69, 9.17) is 9.47 Å². The van der Waals surface area contributed by atoms with Crippen molar-refractivity contribution in [2.45, 2.75) is 0 Å². The number of amides is 1. The molecule has 1 amide bonds. The van der Waals surface area contributed by atoms with Gasteiger partial charge in [0.25, 0.3) is 11.6 Å².